The number of thiophene rings is 1. The number of halogens is 1. The van der Waals surface area contributed by atoms with Crippen LogP contribution in [0.15, 0.2) is 36.0 Å². The highest BCUT2D eigenvalue weighted by Crippen LogP contribution is 2.23. The van der Waals surface area contributed by atoms with Gasteiger partial charge in [0.15, 0.2) is 0 Å². The highest BCUT2D eigenvalue weighted by atomic mass is 35.5. The number of amides is 1. The van der Waals surface area contributed by atoms with Gasteiger partial charge in [-0.25, -0.2) is 8.42 Å². The third-order valence-corrected chi connectivity index (χ3v) is 7.17. The molecule has 0 spiro atoms. The summed E-state index contributed by atoms with van der Waals surface area (Å²) in [5.41, 5.74) is 7.54. The molecule has 0 atom stereocenters. The summed E-state index contributed by atoms with van der Waals surface area (Å²) in [6, 6.07) is 5.21. The molecule has 10 heteroatoms. The van der Waals surface area contributed by atoms with Gasteiger partial charge in [0, 0.05) is 48.0 Å². The molecule has 1 amide bonds. The molecule has 0 saturated carbocycles. The van der Waals surface area contributed by atoms with E-state index in [1.54, 1.807) is 35.5 Å². The summed E-state index contributed by atoms with van der Waals surface area (Å²) in [6.45, 7) is 1.06. The Morgan fingerprint density at radius 3 is 2.79 bits per heavy atom. The number of nitrogen functional groups attached to an aromatic ring is 1. The molecular formula is C18H21ClN4O3S2. The van der Waals surface area contributed by atoms with Gasteiger partial charge < -0.3 is 10.6 Å². The van der Waals surface area contributed by atoms with Crippen LogP contribution in [0.25, 0.3) is 6.08 Å². The molecule has 28 heavy (non-hydrogen) atoms. The summed E-state index contributed by atoms with van der Waals surface area (Å²) in [5, 5.41) is 1.13. The molecule has 0 bridgehead atoms. The van der Waals surface area contributed by atoms with E-state index >= 15 is 0 Å². The van der Waals surface area contributed by atoms with Crippen molar-refractivity contribution in [1.82, 2.24) is 14.2 Å². The standard InChI is InChI=1S/C18H21ClN4O3S2/c19-17-4-3-15(27-17)6-11-28(25,26)23-10-9-22(18(24)13-23)8-1-2-14-12-21-7-5-16(14)20/h3-7,11-12H,1-2,8-10,13H2,(H2,20,21)/b11-6+. The fourth-order valence-corrected chi connectivity index (χ4v) is 5.07. The summed E-state index contributed by atoms with van der Waals surface area (Å²) in [7, 11) is -3.65. The van der Waals surface area contributed by atoms with Gasteiger partial charge in [-0.2, -0.15) is 4.31 Å². The number of piperazine rings is 1. The van der Waals surface area contributed by atoms with Crippen molar-refractivity contribution in [2.75, 3.05) is 31.9 Å². The van der Waals surface area contributed by atoms with E-state index in [1.807, 2.05) is 0 Å². The molecule has 2 aromatic rings. The molecule has 3 heterocycles. The van der Waals surface area contributed by atoms with Gasteiger partial charge in [0.2, 0.25) is 15.9 Å². The molecule has 1 aliphatic heterocycles. The van der Waals surface area contributed by atoms with Crippen molar-refractivity contribution < 1.29 is 13.2 Å². The van der Waals surface area contributed by atoms with E-state index in [0.717, 1.165) is 28.7 Å². The lowest BCUT2D eigenvalue weighted by Crippen LogP contribution is -2.51. The molecular weight excluding hydrogens is 420 g/mol. The van der Waals surface area contributed by atoms with Crippen LogP contribution in [-0.2, 0) is 21.2 Å². The number of aromatic nitrogens is 1. The van der Waals surface area contributed by atoms with E-state index in [1.165, 1.54) is 21.7 Å². The smallest absolute Gasteiger partial charge is 0.237 e. The lowest BCUT2D eigenvalue weighted by molar-refractivity contribution is -0.134. The summed E-state index contributed by atoms with van der Waals surface area (Å²) < 4.78 is 26.7. The van der Waals surface area contributed by atoms with E-state index < -0.39 is 10.0 Å². The second-order valence-corrected chi connectivity index (χ2v) is 9.95. The Morgan fingerprint density at radius 2 is 2.11 bits per heavy atom. The Balaban J connectivity index is 1.52. The maximum atomic E-state index is 12.5. The molecule has 2 aromatic heterocycles. The summed E-state index contributed by atoms with van der Waals surface area (Å²) >= 11 is 7.14. The molecule has 2 N–H and O–H groups in total. The zero-order valence-electron chi connectivity index (χ0n) is 15.1. The van der Waals surface area contributed by atoms with Crippen LogP contribution in [0, 0.1) is 0 Å². The van der Waals surface area contributed by atoms with Gasteiger partial charge in [-0.05, 0) is 42.7 Å². The minimum absolute atomic E-state index is 0.146. The van der Waals surface area contributed by atoms with Crippen molar-refractivity contribution in [2.24, 2.45) is 0 Å². The zero-order chi connectivity index (χ0) is 20.1. The maximum absolute atomic E-state index is 12.5. The van der Waals surface area contributed by atoms with Gasteiger partial charge in [-0.15, -0.1) is 11.3 Å². The van der Waals surface area contributed by atoms with Crippen molar-refractivity contribution in [3.05, 3.63) is 50.8 Å². The maximum Gasteiger partial charge on any atom is 0.237 e. The van der Waals surface area contributed by atoms with E-state index in [9.17, 15) is 13.2 Å². The molecule has 1 fully saturated rings. The molecule has 0 aromatic carbocycles. The van der Waals surface area contributed by atoms with Crippen LogP contribution in [0.3, 0.4) is 0 Å². The van der Waals surface area contributed by atoms with Gasteiger partial charge in [-0.1, -0.05) is 11.6 Å². The molecule has 1 saturated heterocycles. The van der Waals surface area contributed by atoms with Crippen LogP contribution in [0.2, 0.25) is 4.34 Å². The number of anilines is 1. The normalized spacial score (nSPS) is 16.2. The second-order valence-electron chi connectivity index (χ2n) is 6.38. The van der Waals surface area contributed by atoms with E-state index in [-0.39, 0.29) is 19.0 Å². The minimum atomic E-state index is -3.65. The van der Waals surface area contributed by atoms with Crippen LogP contribution in [-0.4, -0.2) is 54.7 Å². The average Bonchev–Trinajstić information content (AvgIpc) is 3.08. The first-order chi connectivity index (χ1) is 13.3. The number of carbonyl (C=O) groups is 1. The van der Waals surface area contributed by atoms with Crippen molar-refractivity contribution in [1.29, 1.82) is 0 Å². The average molecular weight is 441 g/mol. The minimum Gasteiger partial charge on any atom is -0.398 e. The highest BCUT2D eigenvalue weighted by molar-refractivity contribution is 7.92. The third kappa shape index (κ3) is 5.32. The molecule has 1 aliphatic rings. The highest BCUT2D eigenvalue weighted by Gasteiger charge is 2.30. The first-order valence-corrected chi connectivity index (χ1v) is 11.4. The van der Waals surface area contributed by atoms with Crippen molar-refractivity contribution in [3.8, 4) is 0 Å². The Morgan fingerprint density at radius 1 is 1.29 bits per heavy atom. The van der Waals surface area contributed by atoms with Gasteiger partial charge in [-0.3, -0.25) is 9.78 Å². The van der Waals surface area contributed by atoms with E-state index in [2.05, 4.69) is 4.98 Å². The summed E-state index contributed by atoms with van der Waals surface area (Å²) in [4.78, 5) is 18.9. The number of nitrogens with zero attached hydrogens (tertiary/aromatic N) is 3. The van der Waals surface area contributed by atoms with E-state index in [0.29, 0.717) is 23.1 Å². The molecule has 0 unspecified atom stereocenters. The predicted octanol–water partition coefficient (Wildman–Crippen LogP) is 2.46. The lowest BCUT2D eigenvalue weighted by Gasteiger charge is -2.33. The third-order valence-electron chi connectivity index (χ3n) is 4.46. The van der Waals surface area contributed by atoms with Crippen molar-refractivity contribution >= 4 is 50.6 Å². The topological polar surface area (TPSA) is 96.6 Å². The molecule has 7 nitrogen and oxygen atoms in total. The van der Waals surface area contributed by atoms with Crippen LogP contribution < -0.4 is 5.73 Å². The van der Waals surface area contributed by atoms with Crippen LogP contribution in [0.5, 0.6) is 0 Å². The SMILES string of the molecule is Nc1ccncc1CCCN1CCN(S(=O)(=O)/C=C/c2ccc(Cl)s2)CC1=O. The number of hydrogen-bond acceptors (Lipinski definition) is 6. The fraction of sp³-hybridized carbons (Fsp3) is 0.333. The zero-order valence-corrected chi connectivity index (χ0v) is 17.5. The van der Waals surface area contributed by atoms with Crippen molar-refractivity contribution in [2.45, 2.75) is 12.8 Å². The Hall–Kier alpha value is -1.94. The van der Waals surface area contributed by atoms with Gasteiger partial charge in [0.05, 0.1) is 10.9 Å². The van der Waals surface area contributed by atoms with Crippen LogP contribution in [0.1, 0.15) is 16.9 Å². The Bertz CT molecular complexity index is 975. The first kappa shape index (κ1) is 20.8. The summed E-state index contributed by atoms with van der Waals surface area (Å²) in [6.07, 6.45) is 6.34. The fourth-order valence-electron chi connectivity index (χ4n) is 2.90. The largest absolute Gasteiger partial charge is 0.398 e. The van der Waals surface area contributed by atoms with Crippen LogP contribution >= 0.6 is 22.9 Å². The quantitative estimate of drug-likeness (QED) is 0.713. The number of carbonyl (C=O) groups excluding carboxylic acids is 1. The molecule has 3 rings (SSSR count). The number of rotatable bonds is 7. The Labute approximate surface area is 173 Å². The number of pyridine rings is 1. The molecule has 0 aliphatic carbocycles. The van der Waals surface area contributed by atoms with E-state index in [4.69, 9.17) is 17.3 Å². The number of sulfonamides is 1. The number of nitrogens with two attached hydrogens (primary N) is 1. The predicted molar refractivity (Wildman–Crippen MR) is 112 cm³/mol. The monoisotopic (exact) mass is 440 g/mol. The van der Waals surface area contributed by atoms with Gasteiger partial charge >= 0.3 is 0 Å². The van der Waals surface area contributed by atoms with Gasteiger partial charge in [0.1, 0.15) is 0 Å². The summed E-state index contributed by atoms with van der Waals surface area (Å²) in [5.74, 6) is -0.193. The van der Waals surface area contributed by atoms with Gasteiger partial charge in [0.25, 0.3) is 0 Å². The number of aryl methyl sites for hydroxylation is 1. The Kier molecular flexibility index (Phi) is 6.71. The lowest BCUT2D eigenvalue weighted by atomic mass is 10.1. The van der Waals surface area contributed by atoms with Crippen LogP contribution in [0.4, 0.5) is 5.69 Å². The second kappa shape index (κ2) is 9.04. The number of hydrogen-bond donors (Lipinski definition) is 1. The molecule has 0 radical (unpaired) electrons. The first-order valence-electron chi connectivity index (χ1n) is 8.75. The van der Waals surface area contributed by atoms with Crippen molar-refractivity contribution in [3.63, 3.8) is 0 Å². The molecule has 150 valence electrons.